The lowest BCUT2D eigenvalue weighted by atomic mass is 10.3. The summed E-state index contributed by atoms with van der Waals surface area (Å²) in [5.74, 6) is -1.48. The van der Waals surface area contributed by atoms with Gasteiger partial charge in [-0.25, -0.2) is 8.42 Å². The van der Waals surface area contributed by atoms with E-state index in [4.69, 9.17) is 0 Å². The third kappa shape index (κ3) is 1.27. The fourth-order valence-corrected chi connectivity index (χ4v) is 4.97. The van der Waals surface area contributed by atoms with Crippen LogP contribution in [-0.4, -0.2) is 47.3 Å². The lowest BCUT2D eigenvalue weighted by Crippen LogP contribution is -2.70. The highest BCUT2D eigenvalue weighted by atomic mass is 32.3. The molecule has 0 saturated carbocycles. The highest BCUT2D eigenvalue weighted by molar-refractivity contribution is 8.14. The standard InChI is InChI=1S/C6H7F6NO2S2/c1-13-16(2,14)5(9,10)4(7,8)6(11,12)17(13,3)15/h2-3H2,1H3. The molecule has 1 aliphatic heterocycles. The first kappa shape index (κ1) is 14.6. The van der Waals surface area contributed by atoms with Gasteiger partial charge in [-0.3, -0.25) is 0 Å². The maximum Gasteiger partial charge on any atom is 0.397 e. The van der Waals surface area contributed by atoms with Crippen molar-refractivity contribution in [1.82, 2.24) is 3.71 Å². The van der Waals surface area contributed by atoms with Crippen molar-refractivity contribution < 1.29 is 34.8 Å². The molecule has 0 aromatic carbocycles. The van der Waals surface area contributed by atoms with Gasteiger partial charge in [0.2, 0.25) is 0 Å². The molecule has 1 aliphatic rings. The Morgan fingerprint density at radius 3 is 1.35 bits per heavy atom. The number of alkyl halides is 6. The summed E-state index contributed by atoms with van der Waals surface area (Å²) in [6.45, 7) is 0. The fraction of sp³-hybridized carbons (Fsp3) is 0.667. The minimum atomic E-state index is -6.07. The molecule has 102 valence electrons. The lowest BCUT2D eigenvalue weighted by molar-refractivity contribution is -0.246. The zero-order valence-corrected chi connectivity index (χ0v) is 9.90. The van der Waals surface area contributed by atoms with Crippen molar-refractivity contribution in [3.8, 4) is 0 Å². The molecule has 1 rings (SSSR count). The molecular formula is C6H7F6NO2S2. The largest absolute Gasteiger partial charge is 0.397 e. The number of halogens is 6. The van der Waals surface area contributed by atoms with Crippen LogP contribution in [0.15, 0.2) is 0 Å². The van der Waals surface area contributed by atoms with Crippen molar-refractivity contribution in [2.75, 3.05) is 7.05 Å². The van der Waals surface area contributed by atoms with Crippen molar-refractivity contribution in [1.29, 1.82) is 0 Å². The van der Waals surface area contributed by atoms with Gasteiger partial charge in [-0.15, -0.1) is 0 Å². The Morgan fingerprint density at radius 1 is 0.882 bits per heavy atom. The van der Waals surface area contributed by atoms with E-state index in [1.54, 1.807) is 0 Å². The van der Waals surface area contributed by atoms with E-state index in [0.29, 0.717) is 7.05 Å². The average Bonchev–Trinajstić information content (AvgIpc) is 2.13. The van der Waals surface area contributed by atoms with Crippen LogP contribution >= 0.6 is 0 Å². The Bertz CT molecular complexity index is 501. The highest BCUT2D eigenvalue weighted by Crippen LogP contribution is 2.56. The first-order chi connectivity index (χ1) is 7.15. The second-order valence-corrected chi connectivity index (χ2v) is 8.24. The van der Waals surface area contributed by atoms with E-state index in [9.17, 15) is 34.8 Å². The smallest absolute Gasteiger partial charge is 0.246 e. The third-order valence-electron chi connectivity index (χ3n) is 2.36. The molecule has 0 radical (unpaired) electrons. The molecule has 0 aliphatic carbocycles. The van der Waals surface area contributed by atoms with Gasteiger partial charge in [0.15, 0.2) is 0 Å². The summed E-state index contributed by atoms with van der Waals surface area (Å²) >= 11 is 0. The maximum absolute atomic E-state index is 13.1. The topological polar surface area (TPSA) is 37.4 Å². The minimum absolute atomic E-state index is 0.321. The van der Waals surface area contributed by atoms with Crippen molar-refractivity contribution in [3.63, 3.8) is 0 Å². The van der Waals surface area contributed by atoms with Crippen LogP contribution in [0.2, 0.25) is 0 Å². The van der Waals surface area contributed by atoms with Gasteiger partial charge >= 0.3 is 16.4 Å². The quantitative estimate of drug-likeness (QED) is 0.495. The molecular weight excluding hydrogens is 296 g/mol. The first-order valence-electron chi connectivity index (χ1n) is 3.77. The van der Waals surface area contributed by atoms with Crippen molar-refractivity contribution >= 4 is 31.2 Å². The van der Waals surface area contributed by atoms with Crippen LogP contribution in [-0.2, 0) is 19.4 Å². The van der Waals surface area contributed by atoms with Crippen LogP contribution in [0.3, 0.4) is 0 Å². The molecule has 1 heterocycles. The van der Waals surface area contributed by atoms with Gasteiger partial charge in [0.05, 0.1) is 0 Å². The van der Waals surface area contributed by atoms with E-state index in [1.165, 1.54) is 0 Å². The fourth-order valence-electron chi connectivity index (χ4n) is 1.09. The monoisotopic (exact) mass is 303 g/mol. The second-order valence-electron chi connectivity index (χ2n) is 3.33. The molecule has 0 spiro atoms. The Morgan fingerprint density at radius 2 is 1.12 bits per heavy atom. The molecule has 0 aromatic heterocycles. The van der Waals surface area contributed by atoms with Crippen LogP contribution in [0.5, 0.6) is 0 Å². The van der Waals surface area contributed by atoms with E-state index >= 15 is 0 Å². The molecule has 3 nitrogen and oxygen atoms in total. The van der Waals surface area contributed by atoms with Crippen LogP contribution in [0.4, 0.5) is 26.3 Å². The zero-order chi connectivity index (χ0) is 14.1. The second kappa shape index (κ2) is 3.12. The number of nitrogens with zero attached hydrogens (tertiary/aromatic N) is 1. The number of hydrogen-bond donors (Lipinski definition) is 0. The SMILES string of the molecule is C=S1(=O)N(C)S(=C)(=O)C(F)(F)C(F)(F)C1(F)F. The summed E-state index contributed by atoms with van der Waals surface area (Å²) in [6.07, 6.45) is 0. The normalized spacial score (nSPS) is 44.4. The molecule has 2 atom stereocenters. The van der Waals surface area contributed by atoms with E-state index in [2.05, 4.69) is 11.7 Å². The maximum atomic E-state index is 13.1. The van der Waals surface area contributed by atoms with Crippen LogP contribution in [0.25, 0.3) is 0 Å². The van der Waals surface area contributed by atoms with Gasteiger partial charge < -0.3 is 0 Å². The van der Waals surface area contributed by atoms with Crippen LogP contribution in [0, 0.1) is 0 Å². The lowest BCUT2D eigenvalue weighted by Gasteiger charge is -2.45. The van der Waals surface area contributed by atoms with Crippen molar-refractivity contribution in [3.05, 3.63) is 0 Å². The molecule has 0 N–H and O–H groups in total. The van der Waals surface area contributed by atoms with Gasteiger partial charge in [0.25, 0.3) is 0 Å². The van der Waals surface area contributed by atoms with Gasteiger partial charge in [0.1, 0.15) is 19.4 Å². The van der Waals surface area contributed by atoms with E-state index in [1.807, 2.05) is 0 Å². The van der Waals surface area contributed by atoms with Gasteiger partial charge in [-0.2, -0.15) is 30.1 Å². The van der Waals surface area contributed by atoms with E-state index < -0.39 is 39.6 Å². The molecule has 17 heavy (non-hydrogen) atoms. The molecule has 0 bridgehead atoms. The summed E-state index contributed by atoms with van der Waals surface area (Å²) in [5.41, 5.74) is 0. The van der Waals surface area contributed by atoms with Crippen molar-refractivity contribution in [2.45, 2.75) is 16.4 Å². The predicted molar refractivity (Wildman–Crippen MR) is 53.1 cm³/mol. The number of rotatable bonds is 0. The molecule has 0 amide bonds. The molecule has 0 aromatic rings. The van der Waals surface area contributed by atoms with E-state index in [-0.39, 0.29) is 0 Å². The van der Waals surface area contributed by atoms with Gasteiger partial charge in [0, 0.05) is 7.05 Å². The Kier molecular flexibility index (Phi) is 2.69. The van der Waals surface area contributed by atoms with Gasteiger partial charge in [-0.05, 0) is 11.7 Å². The Labute approximate surface area is 93.7 Å². The minimum Gasteiger partial charge on any atom is -0.246 e. The Hall–Kier alpha value is -0.420. The molecule has 2 unspecified atom stereocenters. The summed E-state index contributed by atoms with van der Waals surface area (Å²) in [4.78, 5) is 0. The summed E-state index contributed by atoms with van der Waals surface area (Å²) in [5, 5.41) is -11.3. The summed E-state index contributed by atoms with van der Waals surface area (Å²) in [6, 6.07) is 0. The molecule has 1 saturated heterocycles. The third-order valence-corrected chi connectivity index (χ3v) is 7.58. The summed E-state index contributed by atoms with van der Waals surface area (Å²) in [7, 11) is -10.1. The number of hydrogen-bond acceptors (Lipinski definition) is 2. The molecule has 1 fully saturated rings. The van der Waals surface area contributed by atoms with Crippen LogP contribution in [0.1, 0.15) is 0 Å². The predicted octanol–water partition coefficient (Wildman–Crippen LogP) is 1.02. The van der Waals surface area contributed by atoms with Crippen molar-refractivity contribution in [2.24, 2.45) is 0 Å². The molecule has 11 heteroatoms. The van der Waals surface area contributed by atoms with Crippen LogP contribution < -0.4 is 0 Å². The first-order valence-corrected chi connectivity index (χ1v) is 7.13. The summed E-state index contributed by atoms with van der Waals surface area (Å²) < 4.78 is 100. The zero-order valence-electron chi connectivity index (χ0n) is 8.26. The van der Waals surface area contributed by atoms with Gasteiger partial charge in [-0.1, -0.05) is 0 Å². The average molecular weight is 303 g/mol. The van der Waals surface area contributed by atoms with E-state index in [0.717, 1.165) is 0 Å². The Balaban J connectivity index is 3.82. The highest BCUT2D eigenvalue weighted by Gasteiger charge is 2.83.